The highest BCUT2D eigenvalue weighted by Crippen LogP contribution is 2.14. The molecule has 0 atom stereocenters. The summed E-state index contributed by atoms with van der Waals surface area (Å²) in [5.41, 5.74) is 4.40. The van der Waals surface area contributed by atoms with Crippen LogP contribution in [0.3, 0.4) is 0 Å². The van der Waals surface area contributed by atoms with Gasteiger partial charge < -0.3 is 10.8 Å². The highest BCUT2D eigenvalue weighted by Gasteiger charge is 1.95. The van der Waals surface area contributed by atoms with Crippen molar-refractivity contribution in [2.24, 2.45) is 5.73 Å². The zero-order chi connectivity index (χ0) is 5.70. The van der Waals surface area contributed by atoms with E-state index >= 15 is 0 Å². The molecule has 1 rings (SSSR count). The van der Waals surface area contributed by atoms with Crippen molar-refractivity contribution in [1.82, 2.24) is 0 Å². The molecule has 1 aliphatic rings. The first-order valence-electron chi connectivity index (χ1n) is 2.22. The van der Waals surface area contributed by atoms with Crippen LogP contribution in [0.5, 0.6) is 0 Å². The van der Waals surface area contributed by atoms with Crippen LogP contribution in [0.2, 0.25) is 0 Å². The van der Waals surface area contributed by atoms with E-state index in [2.05, 4.69) is 18.0 Å². The molecule has 0 bridgehead atoms. The van der Waals surface area contributed by atoms with Gasteiger partial charge in [0.1, 0.15) is 0 Å². The highest BCUT2D eigenvalue weighted by atomic mass is 32.1. The Balaban J connectivity index is 0.000000105. The first kappa shape index (κ1) is 6.69. The number of hydrogen-bond donors (Lipinski definition) is 2. The molecule has 0 spiro atoms. The van der Waals surface area contributed by atoms with Gasteiger partial charge in [-0.05, 0) is 12.2 Å². The maximum absolute atomic E-state index is 7.56. The summed E-state index contributed by atoms with van der Waals surface area (Å²) < 4.78 is 0. The number of aliphatic hydroxyl groups is 1. The second-order valence-corrected chi connectivity index (χ2v) is 1.82. The minimum atomic E-state index is -0.500. The molecule has 0 unspecified atom stereocenters. The first-order valence-corrected chi connectivity index (χ1v) is 2.62. The van der Waals surface area contributed by atoms with E-state index in [0.717, 1.165) is 0 Å². The van der Waals surface area contributed by atoms with Crippen LogP contribution in [0.25, 0.3) is 0 Å². The van der Waals surface area contributed by atoms with Gasteiger partial charge in [0.2, 0.25) is 0 Å². The van der Waals surface area contributed by atoms with Gasteiger partial charge in [0.15, 0.2) is 0 Å². The molecule has 42 valence electrons. The Hall–Kier alpha value is -0.310. The van der Waals surface area contributed by atoms with Gasteiger partial charge in [-0.1, -0.05) is 19.3 Å². The van der Waals surface area contributed by atoms with Crippen molar-refractivity contribution in [3.05, 3.63) is 0 Å². The second kappa shape index (κ2) is 3.87. The van der Waals surface area contributed by atoms with Gasteiger partial charge in [0.05, 0.1) is 0 Å². The quantitative estimate of drug-likeness (QED) is 0.467. The van der Waals surface area contributed by atoms with Crippen molar-refractivity contribution in [2.45, 2.75) is 19.3 Å². The molecule has 0 radical (unpaired) electrons. The molecule has 0 aromatic rings. The molecule has 7 heavy (non-hydrogen) atoms. The van der Waals surface area contributed by atoms with Crippen LogP contribution in [0, 0.1) is 0 Å². The van der Waals surface area contributed by atoms with E-state index in [4.69, 9.17) is 5.11 Å². The Morgan fingerprint density at radius 3 is 1.57 bits per heavy atom. The third-order valence-corrected chi connectivity index (χ3v) is 0.354. The van der Waals surface area contributed by atoms with E-state index in [0.29, 0.717) is 0 Å². The number of aliphatic hydroxyl groups excluding tert-OH is 1. The zero-order valence-corrected chi connectivity index (χ0v) is 4.87. The molecular formula is C4H9NOS. The Kier molecular flexibility index (Phi) is 3.69. The lowest BCUT2D eigenvalue weighted by atomic mass is 11.0. The van der Waals surface area contributed by atoms with Crippen LogP contribution in [0.4, 0.5) is 0 Å². The number of thiocarbonyl (C=S) groups is 1. The van der Waals surface area contributed by atoms with Gasteiger partial charge in [0.25, 0.3) is 5.17 Å². The van der Waals surface area contributed by atoms with E-state index in [9.17, 15) is 0 Å². The molecule has 0 aliphatic heterocycles. The first-order chi connectivity index (χ1) is 3.23. The molecule has 1 fully saturated rings. The van der Waals surface area contributed by atoms with Gasteiger partial charge in [0, 0.05) is 0 Å². The molecule has 2 nitrogen and oxygen atoms in total. The minimum absolute atomic E-state index is 0.500. The monoisotopic (exact) mass is 119 g/mol. The summed E-state index contributed by atoms with van der Waals surface area (Å²) >= 11 is 3.87. The average molecular weight is 119 g/mol. The van der Waals surface area contributed by atoms with Gasteiger partial charge in [-0.25, -0.2) is 0 Å². The summed E-state index contributed by atoms with van der Waals surface area (Å²) in [5.74, 6) is 0. The molecule has 0 aromatic heterocycles. The van der Waals surface area contributed by atoms with Crippen molar-refractivity contribution in [3.8, 4) is 0 Å². The normalized spacial score (nSPS) is 13.7. The van der Waals surface area contributed by atoms with Crippen molar-refractivity contribution < 1.29 is 5.11 Å². The van der Waals surface area contributed by atoms with Crippen molar-refractivity contribution in [3.63, 3.8) is 0 Å². The minimum Gasteiger partial charge on any atom is -0.487 e. The number of rotatable bonds is 0. The molecular weight excluding hydrogens is 110 g/mol. The number of hydrogen-bond acceptors (Lipinski definition) is 1. The fourth-order valence-corrected chi connectivity index (χ4v) is 0. The van der Waals surface area contributed by atoms with Crippen LogP contribution >= 0.6 is 12.2 Å². The van der Waals surface area contributed by atoms with Gasteiger partial charge in [-0.3, -0.25) is 0 Å². The average Bonchev–Trinajstić information content (AvgIpc) is 2.02. The zero-order valence-electron chi connectivity index (χ0n) is 4.05. The lowest BCUT2D eigenvalue weighted by molar-refractivity contribution is 0.560. The summed E-state index contributed by atoms with van der Waals surface area (Å²) in [6, 6.07) is 0. The summed E-state index contributed by atoms with van der Waals surface area (Å²) in [7, 11) is 0. The molecule has 1 aliphatic carbocycles. The topological polar surface area (TPSA) is 46.2 Å². The van der Waals surface area contributed by atoms with Crippen molar-refractivity contribution >= 4 is 17.4 Å². The third-order valence-electron chi connectivity index (χ3n) is 0.354. The molecule has 0 amide bonds. The van der Waals surface area contributed by atoms with Crippen LogP contribution < -0.4 is 5.73 Å². The standard InChI is InChI=1S/C3H6.CH3NOS/c1-2-3-1;2-1(3)4/h1-3H2;(H3,2,3,4). The van der Waals surface area contributed by atoms with Crippen LogP contribution in [0.1, 0.15) is 19.3 Å². The maximum Gasteiger partial charge on any atom is 0.251 e. The lowest BCUT2D eigenvalue weighted by Crippen LogP contribution is -2.03. The predicted octanol–water partition coefficient (Wildman–Crippen LogP) is 0.958. The maximum atomic E-state index is 7.56. The Morgan fingerprint density at radius 2 is 1.57 bits per heavy atom. The van der Waals surface area contributed by atoms with E-state index in [1.807, 2.05) is 0 Å². The third kappa shape index (κ3) is 163. The Labute approximate surface area is 48.3 Å². The molecule has 0 aromatic carbocycles. The summed E-state index contributed by atoms with van der Waals surface area (Å²) in [5, 5.41) is 7.06. The fraction of sp³-hybridized carbons (Fsp3) is 0.750. The predicted molar refractivity (Wildman–Crippen MR) is 33.3 cm³/mol. The summed E-state index contributed by atoms with van der Waals surface area (Å²) in [6.07, 6.45) is 4.50. The van der Waals surface area contributed by atoms with E-state index in [1.54, 1.807) is 0 Å². The smallest absolute Gasteiger partial charge is 0.251 e. The van der Waals surface area contributed by atoms with Crippen LogP contribution in [0.15, 0.2) is 0 Å². The molecule has 3 N–H and O–H groups in total. The summed E-state index contributed by atoms with van der Waals surface area (Å²) in [6.45, 7) is 0. The fourth-order valence-electron chi connectivity index (χ4n) is 0. The molecule has 0 saturated heterocycles. The number of nitrogens with two attached hydrogens (primary N) is 1. The SMILES string of the molecule is C1CC1.NC(O)=S. The van der Waals surface area contributed by atoms with Crippen LogP contribution in [-0.4, -0.2) is 10.3 Å². The second-order valence-electron chi connectivity index (χ2n) is 1.40. The molecule has 1 saturated carbocycles. The van der Waals surface area contributed by atoms with E-state index in [1.165, 1.54) is 19.3 Å². The van der Waals surface area contributed by atoms with Crippen molar-refractivity contribution in [2.75, 3.05) is 0 Å². The van der Waals surface area contributed by atoms with Gasteiger partial charge >= 0.3 is 0 Å². The van der Waals surface area contributed by atoms with Crippen molar-refractivity contribution in [1.29, 1.82) is 0 Å². The molecule has 0 heterocycles. The van der Waals surface area contributed by atoms with E-state index in [-0.39, 0.29) is 0 Å². The Bertz CT molecular complexity index is 56.0. The van der Waals surface area contributed by atoms with E-state index < -0.39 is 5.17 Å². The Morgan fingerprint density at radius 1 is 1.43 bits per heavy atom. The highest BCUT2D eigenvalue weighted by molar-refractivity contribution is 7.79. The summed E-state index contributed by atoms with van der Waals surface area (Å²) in [4.78, 5) is 0. The van der Waals surface area contributed by atoms with Crippen LogP contribution in [-0.2, 0) is 0 Å². The molecule has 3 heteroatoms. The largest absolute Gasteiger partial charge is 0.487 e. The van der Waals surface area contributed by atoms with Gasteiger partial charge in [-0.15, -0.1) is 0 Å². The lowest BCUT2D eigenvalue weighted by Gasteiger charge is -1.67. The van der Waals surface area contributed by atoms with Gasteiger partial charge in [-0.2, -0.15) is 0 Å².